The van der Waals surface area contributed by atoms with Crippen LogP contribution in [-0.4, -0.2) is 23.3 Å². The van der Waals surface area contributed by atoms with E-state index in [4.69, 9.17) is 0 Å². The largest absolute Gasteiger partial charge is 0.392 e. The Hall–Kier alpha value is -0.0800. The van der Waals surface area contributed by atoms with Crippen LogP contribution >= 0.6 is 0 Å². The van der Waals surface area contributed by atoms with Gasteiger partial charge in [-0.1, -0.05) is 13.3 Å². The third kappa shape index (κ3) is 1.64. The zero-order valence-corrected chi connectivity index (χ0v) is 7.79. The van der Waals surface area contributed by atoms with E-state index in [0.29, 0.717) is 6.04 Å². The van der Waals surface area contributed by atoms with Gasteiger partial charge in [-0.15, -0.1) is 0 Å². The van der Waals surface area contributed by atoms with Crippen molar-refractivity contribution in [3.63, 3.8) is 0 Å². The fourth-order valence-electron chi connectivity index (χ4n) is 2.31. The van der Waals surface area contributed by atoms with E-state index in [9.17, 15) is 5.11 Å². The Balaban J connectivity index is 1.73. The zero-order valence-electron chi connectivity index (χ0n) is 7.79. The molecule has 0 bridgehead atoms. The van der Waals surface area contributed by atoms with Crippen molar-refractivity contribution < 1.29 is 5.11 Å². The maximum absolute atomic E-state index is 9.56. The summed E-state index contributed by atoms with van der Waals surface area (Å²) in [6.45, 7) is 2.25. The Bertz CT molecular complexity index is 160. The summed E-state index contributed by atoms with van der Waals surface area (Å²) in [7, 11) is 0. The van der Waals surface area contributed by atoms with Crippen LogP contribution in [0.15, 0.2) is 0 Å². The molecule has 0 spiro atoms. The molecule has 2 rings (SSSR count). The first kappa shape index (κ1) is 8.52. The highest BCUT2D eigenvalue weighted by Gasteiger charge is 2.38. The summed E-state index contributed by atoms with van der Waals surface area (Å²) in [5, 5.41) is 13.1. The fraction of sp³-hybridized carbons (Fsp3) is 1.00. The molecular formula is C10H19NO. The van der Waals surface area contributed by atoms with Crippen LogP contribution in [0.3, 0.4) is 0 Å². The first-order valence-electron chi connectivity index (χ1n) is 5.25. The van der Waals surface area contributed by atoms with Crippen molar-refractivity contribution in [2.75, 3.05) is 0 Å². The lowest BCUT2D eigenvalue weighted by molar-refractivity contribution is 0.147. The summed E-state index contributed by atoms with van der Waals surface area (Å²) in [6.07, 6.45) is 5.93. The Labute approximate surface area is 74.4 Å². The average Bonchev–Trinajstić information content (AvgIpc) is 2.70. The summed E-state index contributed by atoms with van der Waals surface area (Å²) in [6, 6.07) is 1.14. The molecule has 4 atom stereocenters. The van der Waals surface area contributed by atoms with Crippen LogP contribution in [0.25, 0.3) is 0 Å². The highest BCUT2D eigenvalue weighted by Crippen LogP contribution is 2.35. The second-order valence-corrected chi connectivity index (χ2v) is 4.28. The highest BCUT2D eigenvalue weighted by atomic mass is 16.3. The van der Waals surface area contributed by atoms with Gasteiger partial charge in [0.25, 0.3) is 0 Å². The van der Waals surface area contributed by atoms with Gasteiger partial charge in [0.2, 0.25) is 0 Å². The van der Waals surface area contributed by atoms with E-state index >= 15 is 0 Å². The quantitative estimate of drug-likeness (QED) is 0.667. The van der Waals surface area contributed by atoms with E-state index in [-0.39, 0.29) is 6.10 Å². The molecule has 2 heteroatoms. The molecule has 0 aromatic carbocycles. The topological polar surface area (TPSA) is 32.3 Å². The molecule has 70 valence electrons. The maximum Gasteiger partial charge on any atom is 0.0693 e. The Kier molecular flexibility index (Phi) is 2.37. The molecule has 2 fully saturated rings. The number of hydrogen-bond donors (Lipinski definition) is 2. The summed E-state index contributed by atoms with van der Waals surface area (Å²) < 4.78 is 0. The molecule has 0 heterocycles. The van der Waals surface area contributed by atoms with Gasteiger partial charge in [0.1, 0.15) is 0 Å². The molecule has 0 aromatic heterocycles. The molecule has 2 N–H and O–H groups in total. The van der Waals surface area contributed by atoms with Crippen LogP contribution in [0.4, 0.5) is 0 Å². The predicted molar refractivity (Wildman–Crippen MR) is 49.0 cm³/mol. The van der Waals surface area contributed by atoms with E-state index < -0.39 is 0 Å². The number of hydrogen-bond acceptors (Lipinski definition) is 2. The second-order valence-electron chi connectivity index (χ2n) is 4.28. The first-order valence-corrected chi connectivity index (χ1v) is 5.25. The van der Waals surface area contributed by atoms with Crippen LogP contribution in [0.5, 0.6) is 0 Å². The number of aliphatic hydroxyl groups is 1. The summed E-state index contributed by atoms with van der Waals surface area (Å²) in [5.74, 6) is 0.901. The highest BCUT2D eigenvalue weighted by molar-refractivity contribution is 4.96. The van der Waals surface area contributed by atoms with Crippen LogP contribution in [0, 0.1) is 5.92 Å². The molecule has 2 nitrogen and oxygen atoms in total. The van der Waals surface area contributed by atoms with E-state index in [1.165, 1.54) is 25.7 Å². The molecule has 0 radical (unpaired) electrons. The van der Waals surface area contributed by atoms with Gasteiger partial charge in [0.15, 0.2) is 0 Å². The first-order chi connectivity index (χ1) is 5.81. The van der Waals surface area contributed by atoms with Gasteiger partial charge in [0, 0.05) is 12.1 Å². The predicted octanol–water partition coefficient (Wildman–Crippen LogP) is 1.29. The van der Waals surface area contributed by atoms with E-state index in [1.54, 1.807) is 0 Å². The van der Waals surface area contributed by atoms with Crippen molar-refractivity contribution in [2.45, 2.75) is 57.2 Å². The number of nitrogens with one attached hydrogen (secondary N) is 1. The van der Waals surface area contributed by atoms with Crippen molar-refractivity contribution in [3.8, 4) is 0 Å². The van der Waals surface area contributed by atoms with Crippen molar-refractivity contribution in [3.05, 3.63) is 0 Å². The lowest BCUT2D eigenvalue weighted by Crippen LogP contribution is -2.37. The van der Waals surface area contributed by atoms with Crippen molar-refractivity contribution in [2.24, 2.45) is 5.92 Å². The minimum absolute atomic E-state index is 0.0666. The smallest absolute Gasteiger partial charge is 0.0693 e. The second kappa shape index (κ2) is 3.35. The summed E-state index contributed by atoms with van der Waals surface area (Å²) in [5.41, 5.74) is 0. The summed E-state index contributed by atoms with van der Waals surface area (Å²) >= 11 is 0. The molecule has 0 aliphatic heterocycles. The van der Waals surface area contributed by atoms with Crippen molar-refractivity contribution >= 4 is 0 Å². The average molecular weight is 169 g/mol. The molecular weight excluding hydrogens is 150 g/mol. The van der Waals surface area contributed by atoms with Crippen molar-refractivity contribution in [1.82, 2.24) is 5.32 Å². The third-order valence-corrected chi connectivity index (χ3v) is 3.35. The Morgan fingerprint density at radius 2 is 2.17 bits per heavy atom. The van der Waals surface area contributed by atoms with Gasteiger partial charge in [-0.05, 0) is 31.6 Å². The molecule has 0 aromatic rings. The fourth-order valence-corrected chi connectivity index (χ4v) is 2.31. The van der Waals surface area contributed by atoms with Crippen molar-refractivity contribution in [1.29, 1.82) is 0 Å². The lowest BCUT2D eigenvalue weighted by atomic mass is 10.2. The molecule has 0 saturated heterocycles. The Morgan fingerprint density at radius 1 is 1.33 bits per heavy atom. The van der Waals surface area contributed by atoms with Gasteiger partial charge in [-0.3, -0.25) is 0 Å². The molecule has 2 saturated carbocycles. The molecule has 12 heavy (non-hydrogen) atoms. The van der Waals surface area contributed by atoms with Gasteiger partial charge < -0.3 is 10.4 Å². The van der Waals surface area contributed by atoms with Gasteiger partial charge in [0.05, 0.1) is 6.10 Å². The Morgan fingerprint density at radius 3 is 2.67 bits per heavy atom. The molecule has 2 unspecified atom stereocenters. The molecule has 2 aliphatic rings. The lowest BCUT2D eigenvalue weighted by Gasteiger charge is -2.16. The monoisotopic (exact) mass is 169 g/mol. The van der Waals surface area contributed by atoms with Crippen LogP contribution in [0.1, 0.15) is 39.0 Å². The number of aliphatic hydroxyl groups excluding tert-OH is 1. The summed E-state index contributed by atoms with van der Waals surface area (Å²) in [4.78, 5) is 0. The van der Waals surface area contributed by atoms with Crippen LogP contribution in [-0.2, 0) is 0 Å². The van der Waals surface area contributed by atoms with E-state index in [2.05, 4.69) is 12.2 Å². The van der Waals surface area contributed by atoms with E-state index in [0.717, 1.165) is 18.4 Å². The van der Waals surface area contributed by atoms with Crippen LogP contribution < -0.4 is 5.32 Å². The standard InChI is InChI=1S/C10H19NO/c1-2-7-6-9(7)11-8-4-3-5-10(8)12/h7-12H,2-6H2,1H3/t7?,8-,9?,10-/m0/s1. The van der Waals surface area contributed by atoms with Crippen LogP contribution in [0.2, 0.25) is 0 Å². The minimum atomic E-state index is -0.0666. The third-order valence-electron chi connectivity index (χ3n) is 3.35. The molecule has 0 amide bonds. The maximum atomic E-state index is 9.56. The van der Waals surface area contributed by atoms with Gasteiger partial charge >= 0.3 is 0 Å². The van der Waals surface area contributed by atoms with Gasteiger partial charge in [-0.2, -0.15) is 0 Å². The SMILES string of the molecule is CCC1CC1N[C@H]1CCC[C@@H]1O. The van der Waals surface area contributed by atoms with Gasteiger partial charge in [-0.25, -0.2) is 0 Å². The molecule has 2 aliphatic carbocycles. The normalized spacial score (nSPS) is 46.5. The number of rotatable bonds is 3. The zero-order chi connectivity index (χ0) is 8.55. The minimum Gasteiger partial charge on any atom is -0.392 e. The van der Waals surface area contributed by atoms with E-state index in [1.807, 2.05) is 0 Å².